The molecule has 0 aliphatic carbocycles. The van der Waals surface area contributed by atoms with Crippen LogP contribution in [0.3, 0.4) is 0 Å². The second-order valence-corrected chi connectivity index (χ2v) is 6.64. The first-order chi connectivity index (χ1) is 9.29. The molecule has 20 heavy (non-hydrogen) atoms. The maximum Gasteiger partial charge on any atom is 0.252 e. The molecule has 0 aliphatic rings. The Morgan fingerprint density at radius 1 is 1.50 bits per heavy atom. The van der Waals surface area contributed by atoms with E-state index in [9.17, 15) is 13.2 Å². The fourth-order valence-electron chi connectivity index (χ4n) is 1.58. The molecule has 0 aromatic heterocycles. The molecule has 8 heteroatoms. The van der Waals surface area contributed by atoms with Crippen molar-refractivity contribution in [2.24, 2.45) is 5.14 Å². The molecule has 0 fully saturated rings. The van der Waals surface area contributed by atoms with Gasteiger partial charge >= 0.3 is 0 Å². The van der Waals surface area contributed by atoms with Crippen molar-refractivity contribution in [2.45, 2.75) is 24.3 Å². The summed E-state index contributed by atoms with van der Waals surface area (Å²) in [6.07, 6.45) is 0.700. The van der Waals surface area contributed by atoms with Gasteiger partial charge in [-0.05, 0) is 40.5 Å². The SMILES string of the molecule is CCC(COC)NC(=O)c1cc(S(N)(=O)=O)ccc1Br. The van der Waals surface area contributed by atoms with Crippen LogP contribution in [0.5, 0.6) is 0 Å². The summed E-state index contributed by atoms with van der Waals surface area (Å²) in [4.78, 5) is 12.1. The molecule has 0 radical (unpaired) electrons. The quantitative estimate of drug-likeness (QED) is 0.793. The molecule has 1 atom stereocenters. The van der Waals surface area contributed by atoms with Crippen LogP contribution in [0.1, 0.15) is 23.7 Å². The largest absolute Gasteiger partial charge is 0.383 e. The number of hydrogen-bond donors (Lipinski definition) is 2. The zero-order valence-corrected chi connectivity index (χ0v) is 13.6. The van der Waals surface area contributed by atoms with E-state index in [2.05, 4.69) is 21.2 Å². The molecule has 1 rings (SSSR count). The number of carbonyl (C=O) groups is 1. The van der Waals surface area contributed by atoms with Gasteiger partial charge in [-0.1, -0.05) is 6.92 Å². The van der Waals surface area contributed by atoms with E-state index >= 15 is 0 Å². The van der Waals surface area contributed by atoms with Crippen LogP contribution in [0.15, 0.2) is 27.6 Å². The number of primary sulfonamides is 1. The molecule has 0 bridgehead atoms. The van der Waals surface area contributed by atoms with Crippen molar-refractivity contribution in [3.63, 3.8) is 0 Å². The molecule has 112 valence electrons. The maximum absolute atomic E-state index is 12.2. The number of rotatable bonds is 6. The number of amides is 1. The Kier molecular flexibility index (Phi) is 6.12. The first-order valence-corrected chi connectivity index (χ1v) is 8.25. The predicted molar refractivity (Wildman–Crippen MR) is 78.9 cm³/mol. The van der Waals surface area contributed by atoms with Gasteiger partial charge in [0.2, 0.25) is 10.0 Å². The van der Waals surface area contributed by atoms with Gasteiger partial charge in [0.1, 0.15) is 0 Å². The lowest BCUT2D eigenvalue weighted by Crippen LogP contribution is -2.37. The van der Waals surface area contributed by atoms with Gasteiger partial charge in [0.25, 0.3) is 5.91 Å². The van der Waals surface area contributed by atoms with E-state index in [0.29, 0.717) is 17.5 Å². The van der Waals surface area contributed by atoms with Crippen LogP contribution >= 0.6 is 15.9 Å². The number of benzene rings is 1. The highest BCUT2D eigenvalue weighted by Gasteiger charge is 2.17. The zero-order chi connectivity index (χ0) is 15.3. The third kappa shape index (κ3) is 4.55. The van der Waals surface area contributed by atoms with Crippen LogP contribution in [0.4, 0.5) is 0 Å². The molecule has 1 aromatic rings. The Balaban J connectivity index is 3.03. The van der Waals surface area contributed by atoms with E-state index in [1.54, 1.807) is 7.11 Å². The Bertz CT molecular complexity index is 589. The van der Waals surface area contributed by atoms with E-state index in [1.807, 2.05) is 6.92 Å². The van der Waals surface area contributed by atoms with Gasteiger partial charge in [0, 0.05) is 11.6 Å². The highest BCUT2D eigenvalue weighted by molar-refractivity contribution is 9.10. The second kappa shape index (κ2) is 7.16. The Labute approximate surface area is 126 Å². The zero-order valence-electron chi connectivity index (χ0n) is 11.2. The highest BCUT2D eigenvalue weighted by atomic mass is 79.9. The van der Waals surface area contributed by atoms with Crippen LogP contribution in [-0.4, -0.2) is 34.1 Å². The van der Waals surface area contributed by atoms with Crippen molar-refractivity contribution in [2.75, 3.05) is 13.7 Å². The van der Waals surface area contributed by atoms with E-state index in [4.69, 9.17) is 9.88 Å². The predicted octanol–water partition coefficient (Wildman–Crippen LogP) is 1.25. The molecule has 0 aliphatic heterocycles. The summed E-state index contributed by atoms with van der Waals surface area (Å²) in [5, 5.41) is 7.83. The van der Waals surface area contributed by atoms with Crippen LogP contribution in [0.2, 0.25) is 0 Å². The number of sulfonamides is 1. The molecule has 0 saturated carbocycles. The number of carbonyl (C=O) groups excluding carboxylic acids is 1. The number of nitrogens with two attached hydrogens (primary N) is 1. The minimum absolute atomic E-state index is 0.106. The van der Waals surface area contributed by atoms with Crippen LogP contribution in [0, 0.1) is 0 Å². The first-order valence-electron chi connectivity index (χ1n) is 5.91. The summed E-state index contributed by atoms with van der Waals surface area (Å²) in [6.45, 7) is 2.30. The van der Waals surface area contributed by atoms with E-state index in [0.717, 1.165) is 0 Å². The van der Waals surface area contributed by atoms with Gasteiger partial charge in [0.05, 0.1) is 23.1 Å². The monoisotopic (exact) mass is 364 g/mol. The third-order valence-corrected chi connectivity index (χ3v) is 4.31. The number of halogens is 1. The lowest BCUT2D eigenvalue weighted by Gasteiger charge is -2.16. The van der Waals surface area contributed by atoms with Crippen molar-refractivity contribution in [3.8, 4) is 0 Å². The third-order valence-electron chi connectivity index (χ3n) is 2.71. The van der Waals surface area contributed by atoms with E-state index in [-0.39, 0.29) is 22.4 Å². The molecule has 1 aromatic carbocycles. The van der Waals surface area contributed by atoms with Crippen molar-refractivity contribution in [1.82, 2.24) is 5.32 Å². The van der Waals surface area contributed by atoms with Crippen LogP contribution < -0.4 is 10.5 Å². The minimum atomic E-state index is -3.85. The van der Waals surface area contributed by atoms with Crippen LogP contribution in [-0.2, 0) is 14.8 Å². The van der Waals surface area contributed by atoms with Gasteiger partial charge in [-0.15, -0.1) is 0 Å². The maximum atomic E-state index is 12.2. The van der Waals surface area contributed by atoms with Gasteiger partial charge < -0.3 is 10.1 Å². The smallest absolute Gasteiger partial charge is 0.252 e. The molecule has 0 saturated heterocycles. The molecular formula is C12H17BrN2O4S. The highest BCUT2D eigenvalue weighted by Crippen LogP contribution is 2.20. The van der Waals surface area contributed by atoms with Crippen molar-refractivity contribution < 1.29 is 17.9 Å². The van der Waals surface area contributed by atoms with Gasteiger partial charge in [-0.25, -0.2) is 13.6 Å². The average Bonchev–Trinajstić information content (AvgIpc) is 2.37. The van der Waals surface area contributed by atoms with Gasteiger partial charge in [-0.3, -0.25) is 4.79 Å². The number of hydrogen-bond acceptors (Lipinski definition) is 4. The first kappa shape index (κ1) is 17.1. The van der Waals surface area contributed by atoms with Crippen molar-refractivity contribution in [3.05, 3.63) is 28.2 Å². The Hall–Kier alpha value is -0.960. The lowest BCUT2D eigenvalue weighted by molar-refractivity contribution is 0.0893. The lowest BCUT2D eigenvalue weighted by atomic mass is 10.2. The number of nitrogens with one attached hydrogen (secondary N) is 1. The summed E-state index contributed by atoms with van der Waals surface area (Å²) < 4.78 is 28.1. The fraction of sp³-hybridized carbons (Fsp3) is 0.417. The number of methoxy groups -OCH3 is 1. The molecule has 1 amide bonds. The standard InChI is InChI=1S/C12H17BrN2O4S/c1-3-8(7-19-2)15-12(16)10-6-9(20(14,17)18)4-5-11(10)13/h4-6,8H,3,7H2,1-2H3,(H,15,16)(H2,14,17,18). The normalized spacial score (nSPS) is 13.0. The minimum Gasteiger partial charge on any atom is -0.383 e. The second-order valence-electron chi connectivity index (χ2n) is 4.22. The van der Waals surface area contributed by atoms with Gasteiger partial charge in [0.15, 0.2) is 0 Å². The molecule has 6 nitrogen and oxygen atoms in total. The summed E-state index contributed by atoms with van der Waals surface area (Å²) in [5.74, 6) is -0.383. The Morgan fingerprint density at radius 2 is 2.15 bits per heavy atom. The Morgan fingerprint density at radius 3 is 2.65 bits per heavy atom. The molecule has 1 unspecified atom stereocenters. The van der Waals surface area contributed by atoms with Crippen molar-refractivity contribution in [1.29, 1.82) is 0 Å². The van der Waals surface area contributed by atoms with Gasteiger partial charge in [-0.2, -0.15) is 0 Å². The molecule has 0 heterocycles. The molecule has 0 spiro atoms. The van der Waals surface area contributed by atoms with Crippen molar-refractivity contribution >= 4 is 31.9 Å². The van der Waals surface area contributed by atoms with E-state index in [1.165, 1.54) is 18.2 Å². The summed E-state index contributed by atoms with van der Waals surface area (Å²) in [7, 11) is -2.30. The summed E-state index contributed by atoms with van der Waals surface area (Å²) in [6, 6.07) is 3.92. The van der Waals surface area contributed by atoms with Crippen LogP contribution in [0.25, 0.3) is 0 Å². The number of ether oxygens (including phenoxy) is 1. The summed E-state index contributed by atoms with van der Waals surface area (Å²) in [5.41, 5.74) is 0.214. The average molecular weight is 365 g/mol. The van der Waals surface area contributed by atoms with E-state index < -0.39 is 10.0 Å². The molecular weight excluding hydrogens is 348 g/mol. The summed E-state index contributed by atoms with van der Waals surface area (Å²) >= 11 is 3.22. The fourth-order valence-corrected chi connectivity index (χ4v) is 2.55. The topological polar surface area (TPSA) is 98.5 Å². The molecule has 3 N–H and O–H groups in total.